The molecule has 1 aromatic carbocycles. The summed E-state index contributed by atoms with van der Waals surface area (Å²) in [5, 5.41) is 2.50. The van der Waals surface area contributed by atoms with E-state index in [9.17, 15) is 22.4 Å². The highest BCUT2D eigenvalue weighted by molar-refractivity contribution is 6.17. The zero-order valence-electron chi connectivity index (χ0n) is 11.1. The number of rotatable bonds is 6. The van der Waals surface area contributed by atoms with Crippen LogP contribution in [0, 0.1) is 5.82 Å². The number of nitrogens with one attached hydrogen (secondary N) is 1. The molecule has 0 fully saturated rings. The van der Waals surface area contributed by atoms with Crippen LogP contribution < -0.4 is 5.32 Å². The van der Waals surface area contributed by atoms with Crippen LogP contribution in [0.4, 0.5) is 17.6 Å². The minimum Gasteiger partial charge on any atom is -0.383 e. The second kappa shape index (κ2) is 7.61. The van der Waals surface area contributed by atoms with Crippen LogP contribution in [-0.4, -0.2) is 31.5 Å². The molecule has 0 radical (unpaired) electrons. The van der Waals surface area contributed by atoms with Crippen molar-refractivity contribution < 1.29 is 27.1 Å². The van der Waals surface area contributed by atoms with E-state index in [4.69, 9.17) is 16.3 Å². The predicted molar refractivity (Wildman–Crippen MR) is 69.9 cm³/mol. The second-order valence-corrected chi connectivity index (χ2v) is 4.67. The summed E-state index contributed by atoms with van der Waals surface area (Å²) in [6.45, 7) is 0.172. The van der Waals surface area contributed by atoms with Crippen molar-refractivity contribution >= 4 is 17.5 Å². The number of halogens is 5. The van der Waals surface area contributed by atoms with Crippen molar-refractivity contribution in [1.82, 2.24) is 5.32 Å². The molecule has 118 valence electrons. The van der Waals surface area contributed by atoms with E-state index in [1.807, 2.05) is 0 Å². The predicted octanol–water partition coefficient (Wildman–Crippen LogP) is 3.22. The van der Waals surface area contributed by atoms with Gasteiger partial charge in [-0.1, -0.05) is 0 Å². The molecule has 0 aromatic heterocycles. The lowest BCUT2D eigenvalue weighted by Gasteiger charge is -2.17. The van der Waals surface area contributed by atoms with E-state index in [-0.39, 0.29) is 18.1 Å². The summed E-state index contributed by atoms with van der Waals surface area (Å²) >= 11 is 5.56. The Morgan fingerprint density at radius 2 is 2.10 bits per heavy atom. The van der Waals surface area contributed by atoms with E-state index in [0.717, 1.165) is 6.07 Å². The monoisotopic (exact) mass is 327 g/mol. The molecule has 1 amide bonds. The fourth-order valence-corrected chi connectivity index (χ4v) is 1.95. The van der Waals surface area contributed by atoms with Crippen LogP contribution in [0.5, 0.6) is 0 Å². The number of alkyl halides is 4. The molecule has 0 aliphatic rings. The molecule has 0 heterocycles. The summed E-state index contributed by atoms with van der Waals surface area (Å²) in [7, 11) is 1.42. The van der Waals surface area contributed by atoms with Gasteiger partial charge in [0, 0.05) is 18.6 Å². The van der Waals surface area contributed by atoms with Gasteiger partial charge in [0.15, 0.2) is 0 Å². The molecule has 1 atom stereocenters. The minimum atomic E-state index is -4.86. The standard InChI is InChI=1S/C13H14ClF4NO2/c1-21-7-9(4-5-14)19-12(20)8-2-3-11(15)10(6-8)13(16,17)18/h2-3,6,9H,4-5,7H2,1H3,(H,19,20). The van der Waals surface area contributed by atoms with Gasteiger partial charge >= 0.3 is 6.18 Å². The van der Waals surface area contributed by atoms with Crippen molar-refractivity contribution in [3.63, 3.8) is 0 Å². The maximum atomic E-state index is 13.1. The van der Waals surface area contributed by atoms with Crippen LogP contribution in [0.15, 0.2) is 18.2 Å². The van der Waals surface area contributed by atoms with Gasteiger partial charge < -0.3 is 10.1 Å². The van der Waals surface area contributed by atoms with Gasteiger partial charge in [0.2, 0.25) is 0 Å². The molecule has 0 bridgehead atoms. The molecule has 0 aliphatic heterocycles. The number of ether oxygens (including phenoxy) is 1. The molecule has 1 N–H and O–H groups in total. The second-order valence-electron chi connectivity index (χ2n) is 4.30. The number of hydrogen-bond donors (Lipinski definition) is 1. The van der Waals surface area contributed by atoms with Crippen LogP contribution in [0.2, 0.25) is 0 Å². The van der Waals surface area contributed by atoms with Crippen molar-refractivity contribution in [2.45, 2.75) is 18.6 Å². The number of carbonyl (C=O) groups excluding carboxylic acids is 1. The number of amides is 1. The van der Waals surface area contributed by atoms with Gasteiger partial charge in [-0.25, -0.2) is 4.39 Å². The molecular formula is C13H14ClF4NO2. The van der Waals surface area contributed by atoms with Crippen molar-refractivity contribution in [2.24, 2.45) is 0 Å². The zero-order valence-corrected chi connectivity index (χ0v) is 11.9. The van der Waals surface area contributed by atoms with E-state index in [1.165, 1.54) is 7.11 Å². The number of hydrogen-bond acceptors (Lipinski definition) is 2. The molecular weight excluding hydrogens is 314 g/mol. The number of methoxy groups -OCH3 is 1. The largest absolute Gasteiger partial charge is 0.419 e. The highest BCUT2D eigenvalue weighted by Crippen LogP contribution is 2.31. The quantitative estimate of drug-likeness (QED) is 0.643. The molecule has 21 heavy (non-hydrogen) atoms. The van der Waals surface area contributed by atoms with Crippen molar-refractivity contribution in [2.75, 3.05) is 19.6 Å². The zero-order chi connectivity index (χ0) is 16.0. The Kier molecular flexibility index (Phi) is 6.42. The normalized spacial score (nSPS) is 13.0. The van der Waals surface area contributed by atoms with E-state index >= 15 is 0 Å². The molecule has 1 unspecified atom stereocenters. The molecule has 1 rings (SSSR count). The lowest BCUT2D eigenvalue weighted by atomic mass is 10.1. The van der Waals surface area contributed by atoms with Gasteiger partial charge in [-0.15, -0.1) is 11.6 Å². The molecule has 0 saturated heterocycles. The van der Waals surface area contributed by atoms with Gasteiger partial charge in [-0.05, 0) is 24.6 Å². The third kappa shape index (κ3) is 5.17. The van der Waals surface area contributed by atoms with Crippen molar-refractivity contribution in [1.29, 1.82) is 0 Å². The molecule has 0 saturated carbocycles. The summed E-state index contributed by atoms with van der Waals surface area (Å²) < 4.78 is 55.8. The van der Waals surface area contributed by atoms with Crippen molar-refractivity contribution in [3.8, 4) is 0 Å². The fraction of sp³-hybridized carbons (Fsp3) is 0.462. The van der Waals surface area contributed by atoms with Crippen LogP contribution in [0.1, 0.15) is 22.3 Å². The maximum Gasteiger partial charge on any atom is 0.419 e. The molecule has 1 aromatic rings. The minimum absolute atomic E-state index is 0.172. The van der Waals surface area contributed by atoms with E-state index < -0.39 is 29.5 Å². The highest BCUT2D eigenvalue weighted by atomic mass is 35.5. The number of benzene rings is 1. The third-order valence-corrected chi connectivity index (χ3v) is 2.91. The molecule has 0 spiro atoms. The summed E-state index contributed by atoms with van der Waals surface area (Å²) in [4.78, 5) is 11.9. The first-order valence-corrected chi connectivity index (χ1v) is 6.55. The summed E-state index contributed by atoms with van der Waals surface area (Å²) in [6.07, 6.45) is -4.46. The number of carbonyl (C=O) groups is 1. The molecule has 8 heteroatoms. The van der Waals surface area contributed by atoms with E-state index in [0.29, 0.717) is 18.6 Å². The topological polar surface area (TPSA) is 38.3 Å². The van der Waals surface area contributed by atoms with Crippen molar-refractivity contribution in [3.05, 3.63) is 35.1 Å². The molecule has 3 nitrogen and oxygen atoms in total. The van der Waals surface area contributed by atoms with Crippen LogP contribution in [0.3, 0.4) is 0 Å². The van der Waals surface area contributed by atoms with Gasteiger partial charge in [0.25, 0.3) is 5.91 Å². The van der Waals surface area contributed by atoms with Gasteiger partial charge in [0.1, 0.15) is 5.82 Å². The highest BCUT2D eigenvalue weighted by Gasteiger charge is 2.34. The lowest BCUT2D eigenvalue weighted by Crippen LogP contribution is -2.38. The summed E-state index contributed by atoms with van der Waals surface area (Å²) in [5.74, 6) is -1.91. The first kappa shape index (κ1) is 17.7. The van der Waals surface area contributed by atoms with Gasteiger partial charge in [0.05, 0.1) is 18.2 Å². The van der Waals surface area contributed by atoms with E-state index in [1.54, 1.807) is 0 Å². The Morgan fingerprint density at radius 3 is 2.62 bits per heavy atom. The van der Waals surface area contributed by atoms with Gasteiger partial charge in [-0.3, -0.25) is 4.79 Å². The summed E-state index contributed by atoms with van der Waals surface area (Å²) in [5.41, 5.74) is -1.75. The van der Waals surface area contributed by atoms with Crippen LogP contribution >= 0.6 is 11.6 Å². The SMILES string of the molecule is COCC(CCCl)NC(=O)c1ccc(F)c(C(F)(F)F)c1. The average Bonchev–Trinajstić information content (AvgIpc) is 2.38. The summed E-state index contributed by atoms with van der Waals surface area (Å²) in [6, 6.07) is 1.66. The lowest BCUT2D eigenvalue weighted by molar-refractivity contribution is -0.140. The Bertz CT molecular complexity index is 488. The average molecular weight is 328 g/mol. The first-order valence-electron chi connectivity index (χ1n) is 6.02. The Labute approximate surface area is 124 Å². The third-order valence-electron chi connectivity index (χ3n) is 2.69. The Hall–Kier alpha value is -1.34. The Balaban J connectivity index is 2.92. The molecule has 0 aliphatic carbocycles. The van der Waals surface area contributed by atoms with Crippen LogP contribution in [-0.2, 0) is 10.9 Å². The fourth-order valence-electron chi connectivity index (χ4n) is 1.68. The maximum absolute atomic E-state index is 13.1. The van der Waals surface area contributed by atoms with Crippen LogP contribution in [0.25, 0.3) is 0 Å². The smallest absolute Gasteiger partial charge is 0.383 e. The Morgan fingerprint density at radius 1 is 1.43 bits per heavy atom. The first-order chi connectivity index (χ1) is 9.79. The van der Waals surface area contributed by atoms with Gasteiger partial charge in [-0.2, -0.15) is 13.2 Å². The van der Waals surface area contributed by atoms with E-state index in [2.05, 4.69) is 5.32 Å².